The van der Waals surface area contributed by atoms with E-state index in [0.29, 0.717) is 0 Å². The summed E-state index contributed by atoms with van der Waals surface area (Å²) in [6, 6.07) is 16.4. The van der Waals surface area contributed by atoms with Gasteiger partial charge in [0.2, 0.25) is 0 Å². The van der Waals surface area contributed by atoms with Crippen LogP contribution in [0, 0.1) is 0 Å². The summed E-state index contributed by atoms with van der Waals surface area (Å²) < 4.78 is 11.7. The van der Waals surface area contributed by atoms with Gasteiger partial charge >= 0.3 is 0 Å². The molecule has 0 aliphatic carbocycles. The van der Waals surface area contributed by atoms with Crippen molar-refractivity contribution in [3.8, 4) is 0 Å². The molecule has 3 aromatic carbocycles. The zero-order valence-electron chi connectivity index (χ0n) is 22.7. The van der Waals surface area contributed by atoms with Gasteiger partial charge in [-0.25, -0.2) is 0 Å². The Kier molecular flexibility index (Phi) is 9.36. The summed E-state index contributed by atoms with van der Waals surface area (Å²) in [7, 11) is 0. The first-order valence-corrected chi connectivity index (χ1v) is 24.3. The number of allylic oxidation sites excluding steroid dienone is 1. The van der Waals surface area contributed by atoms with Gasteiger partial charge in [0.1, 0.15) is 0 Å². The molecule has 3 aromatic rings. The largest absolute Gasteiger partial charge is 0.116 e. The van der Waals surface area contributed by atoms with Crippen LogP contribution in [0.5, 0.6) is 0 Å². The van der Waals surface area contributed by atoms with E-state index in [1.54, 1.807) is 0 Å². The SMILES string of the molecule is C1=CSC(=C2SC=C(/C=C/c3ccc4c(=C5SC6=C(SCCS6)S5)c5ccccc5c(=C5SC6=C(SCCS6)S5)c4c3)S2)S1. The van der Waals surface area contributed by atoms with Crippen molar-refractivity contribution in [3.05, 3.63) is 111 Å². The molecule has 0 saturated heterocycles. The summed E-state index contributed by atoms with van der Waals surface area (Å²) in [5.74, 6) is 4.83. The fourth-order valence-electron chi connectivity index (χ4n) is 5.29. The van der Waals surface area contributed by atoms with E-state index >= 15 is 0 Å². The normalized spacial score (nSPS) is 22.0. The second-order valence-corrected chi connectivity index (χ2v) is 24.1. The van der Waals surface area contributed by atoms with Gasteiger partial charge in [0.15, 0.2) is 0 Å². The molecule has 0 fully saturated rings. The van der Waals surface area contributed by atoms with Crippen LogP contribution in [0.25, 0.3) is 36.1 Å². The number of thioether (sulfide) groups is 12. The van der Waals surface area contributed by atoms with Crippen molar-refractivity contribution in [1.29, 1.82) is 0 Å². The Hall–Kier alpha value is 0.560. The summed E-state index contributed by atoms with van der Waals surface area (Å²) in [5.41, 5.74) is 1.26. The molecule has 0 bridgehead atoms. The van der Waals surface area contributed by atoms with Crippen LogP contribution >= 0.6 is 141 Å². The lowest BCUT2D eigenvalue weighted by Gasteiger charge is -2.12. The minimum Gasteiger partial charge on any atom is -0.116 e. The van der Waals surface area contributed by atoms with Gasteiger partial charge in [0, 0.05) is 38.4 Å². The van der Waals surface area contributed by atoms with Crippen molar-refractivity contribution in [2.45, 2.75) is 0 Å². The molecule has 0 radical (unpaired) electrons. The van der Waals surface area contributed by atoms with Gasteiger partial charge < -0.3 is 0 Å². The Morgan fingerprint density at radius 2 is 1.00 bits per heavy atom. The predicted molar refractivity (Wildman–Crippen MR) is 225 cm³/mol. The van der Waals surface area contributed by atoms with E-state index in [-0.39, 0.29) is 0 Å². The van der Waals surface area contributed by atoms with E-state index in [1.165, 1.54) is 99.4 Å². The van der Waals surface area contributed by atoms with Gasteiger partial charge in [-0.3, -0.25) is 0 Å². The van der Waals surface area contributed by atoms with Gasteiger partial charge in [0.25, 0.3) is 0 Å². The second kappa shape index (κ2) is 13.5. The number of benzene rings is 3. The van der Waals surface area contributed by atoms with Crippen LogP contribution < -0.4 is 10.4 Å². The van der Waals surface area contributed by atoms with Crippen LogP contribution in [-0.2, 0) is 0 Å². The quantitative estimate of drug-likeness (QED) is 0.227. The molecular weight excluding hydrogens is 769 g/mol. The first-order valence-electron chi connectivity index (χ1n) is 13.7. The third-order valence-corrected chi connectivity index (χ3v) is 23.7. The minimum absolute atomic E-state index is 1.21. The Bertz CT molecular complexity index is 2030. The lowest BCUT2D eigenvalue weighted by molar-refractivity contribution is 1.56. The maximum atomic E-state index is 2.46. The molecule has 0 amide bonds. The molecule has 12 heteroatoms. The zero-order chi connectivity index (χ0) is 29.0. The van der Waals surface area contributed by atoms with Crippen LogP contribution in [0.2, 0.25) is 0 Å². The van der Waals surface area contributed by atoms with E-state index in [9.17, 15) is 0 Å². The highest BCUT2D eigenvalue weighted by atomic mass is 32.3. The standard InChI is InChI=1S/C32H20S12/c1-2-4-20-19(3-1)23(25-41-29-30(42-25)36-12-11-35-29)21-8-6-17(5-7-18-16-39-28(40-18)27-33-9-10-34-27)15-22(21)24(20)26-43-31-32(44-26)38-14-13-37-31/h1-10,15-16H,11-14H2/b7-5+. The summed E-state index contributed by atoms with van der Waals surface area (Å²) in [6.07, 6.45) is 4.61. The van der Waals surface area contributed by atoms with E-state index < -0.39 is 0 Å². The lowest BCUT2D eigenvalue weighted by Crippen LogP contribution is -2.17. The second-order valence-electron chi connectivity index (χ2n) is 9.78. The minimum atomic E-state index is 1.21. The maximum Gasteiger partial charge on any atom is 0.0700 e. The molecule has 0 N–H and O–H groups in total. The van der Waals surface area contributed by atoms with Crippen LogP contribution in [0.4, 0.5) is 0 Å². The van der Waals surface area contributed by atoms with Crippen LogP contribution in [0.1, 0.15) is 5.56 Å². The van der Waals surface area contributed by atoms with Gasteiger partial charge in [-0.15, -0.1) is 47.0 Å². The number of hydrogen-bond donors (Lipinski definition) is 0. The number of hydrogen-bond acceptors (Lipinski definition) is 12. The van der Waals surface area contributed by atoms with Crippen molar-refractivity contribution < 1.29 is 0 Å². The molecule has 6 aliphatic rings. The van der Waals surface area contributed by atoms with Crippen molar-refractivity contribution in [1.82, 2.24) is 0 Å². The van der Waals surface area contributed by atoms with Crippen LogP contribution in [-0.4, -0.2) is 23.0 Å². The maximum absolute atomic E-state index is 2.46. The first-order chi connectivity index (χ1) is 21.8. The predicted octanol–water partition coefficient (Wildman–Crippen LogP) is 12.7. The van der Waals surface area contributed by atoms with Gasteiger partial charge in [-0.2, -0.15) is 0 Å². The first kappa shape index (κ1) is 30.6. The molecule has 0 saturated carbocycles. The lowest BCUT2D eigenvalue weighted by atomic mass is 9.97. The molecule has 6 heterocycles. The van der Waals surface area contributed by atoms with E-state index in [0.717, 1.165) is 0 Å². The molecule has 6 aliphatic heterocycles. The van der Waals surface area contributed by atoms with Crippen molar-refractivity contribution in [2.75, 3.05) is 23.0 Å². The number of rotatable bonds is 2. The van der Waals surface area contributed by atoms with Gasteiger partial charge in [-0.05, 0) is 55.5 Å². The van der Waals surface area contributed by atoms with Crippen LogP contribution in [0.3, 0.4) is 0 Å². The molecule has 0 aromatic heterocycles. The number of fused-ring (bicyclic) bond motifs is 2. The Balaban J connectivity index is 1.22. The van der Waals surface area contributed by atoms with Gasteiger partial charge in [-0.1, -0.05) is 137 Å². The smallest absolute Gasteiger partial charge is 0.0700 e. The summed E-state index contributed by atoms with van der Waals surface area (Å²) in [5, 5.41) is 15.0. The van der Waals surface area contributed by atoms with E-state index in [1.807, 2.05) is 141 Å². The highest BCUT2D eigenvalue weighted by molar-refractivity contribution is 8.47. The summed E-state index contributed by atoms with van der Waals surface area (Å²) in [6.45, 7) is 0. The Labute approximate surface area is 307 Å². The summed E-state index contributed by atoms with van der Waals surface area (Å²) >= 11 is 23.6. The molecular formula is C32H20S12. The van der Waals surface area contributed by atoms with Gasteiger partial charge in [0.05, 0.1) is 33.9 Å². The van der Waals surface area contributed by atoms with Crippen LogP contribution in [0.15, 0.2) is 95.1 Å². The highest BCUT2D eigenvalue weighted by Gasteiger charge is 2.29. The molecule has 220 valence electrons. The van der Waals surface area contributed by atoms with E-state index in [4.69, 9.17) is 0 Å². The fraction of sp³-hybridized carbons (Fsp3) is 0.125. The fourth-order valence-corrected chi connectivity index (χ4v) is 21.8. The zero-order valence-corrected chi connectivity index (χ0v) is 32.5. The van der Waals surface area contributed by atoms with Crippen molar-refractivity contribution in [2.24, 2.45) is 0 Å². The van der Waals surface area contributed by atoms with Crippen molar-refractivity contribution in [3.63, 3.8) is 0 Å². The highest BCUT2D eigenvalue weighted by Crippen LogP contribution is 2.61. The third-order valence-electron chi connectivity index (χ3n) is 7.14. The third kappa shape index (κ3) is 5.91. The van der Waals surface area contributed by atoms with E-state index in [2.05, 4.69) is 70.8 Å². The molecule has 0 unspecified atom stereocenters. The molecule has 0 nitrogen and oxygen atoms in total. The molecule has 0 atom stereocenters. The Morgan fingerprint density at radius 3 is 1.59 bits per heavy atom. The summed E-state index contributed by atoms with van der Waals surface area (Å²) in [4.78, 5) is 1.31. The Morgan fingerprint density at radius 1 is 0.455 bits per heavy atom. The van der Waals surface area contributed by atoms with Crippen molar-refractivity contribution >= 4 is 177 Å². The topological polar surface area (TPSA) is 0 Å². The monoisotopic (exact) mass is 788 g/mol. The average Bonchev–Trinajstić information content (AvgIpc) is 3.88. The molecule has 44 heavy (non-hydrogen) atoms. The molecule has 9 rings (SSSR count). The average molecular weight is 789 g/mol. The molecule has 0 spiro atoms.